The van der Waals surface area contributed by atoms with E-state index in [4.69, 9.17) is 10.5 Å². The van der Waals surface area contributed by atoms with E-state index >= 15 is 0 Å². The number of fused-ring (bicyclic) bond motifs is 1. The van der Waals surface area contributed by atoms with Crippen molar-refractivity contribution in [1.82, 2.24) is 14.0 Å². The van der Waals surface area contributed by atoms with Crippen molar-refractivity contribution in [2.45, 2.75) is 45.4 Å². The van der Waals surface area contributed by atoms with Gasteiger partial charge in [-0.2, -0.15) is 0 Å². The van der Waals surface area contributed by atoms with Crippen molar-refractivity contribution in [2.24, 2.45) is 11.7 Å². The van der Waals surface area contributed by atoms with Crippen LogP contribution in [0.15, 0.2) is 27.8 Å². The lowest BCUT2D eigenvalue weighted by Crippen LogP contribution is -2.51. The lowest BCUT2D eigenvalue weighted by molar-refractivity contribution is -0.133. The van der Waals surface area contributed by atoms with E-state index < -0.39 is 18.0 Å². The Morgan fingerprint density at radius 3 is 2.65 bits per heavy atom. The third-order valence-corrected chi connectivity index (χ3v) is 5.75. The summed E-state index contributed by atoms with van der Waals surface area (Å²) in [6.07, 6.45) is 1.20. The molecule has 1 aliphatic heterocycles. The number of hydrogen-bond acceptors (Lipinski definition) is 5. The van der Waals surface area contributed by atoms with Crippen LogP contribution < -0.4 is 22.3 Å². The zero-order valence-corrected chi connectivity index (χ0v) is 17.7. The average Bonchev–Trinajstić information content (AvgIpc) is 3.55. The summed E-state index contributed by atoms with van der Waals surface area (Å²) in [5, 5.41) is 3.15. The van der Waals surface area contributed by atoms with Crippen LogP contribution in [0.25, 0.3) is 10.9 Å². The second-order valence-corrected chi connectivity index (χ2v) is 8.48. The first-order chi connectivity index (χ1) is 14.8. The van der Waals surface area contributed by atoms with Crippen molar-refractivity contribution in [3.63, 3.8) is 0 Å². The van der Waals surface area contributed by atoms with E-state index in [9.17, 15) is 19.2 Å². The normalized spacial score (nSPS) is 19.1. The molecule has 3 N–H and O–H groups in total. The van der Waals surface area contributed by atoms with Gasteiger partial charge >= 0.3 is 11.7 Å². The van der Waals surface area contributed by atoms with Gasteiger partial charge in [0.05, 0.1) is 24.1 Å². The van der Waals surface area contributed by atoms with Crippen LogP contribution >= 0.6 is 0 Å². The number of carbonyl (C=O) groups is 2. The lowest BCUT2D eigenvalue weighted by Gasteiger charge is -2.31. The molecule has 1 saturated heterocycles. The van der Waals surface area contributed by atoms with Crippen molar-refractivity contribution in [3.8, 4) is 0 Å². The SMILES string of the molecule is CC(C)n1c(=O)n(CC2CC2)c(=O)c2cc(NC(=O)N3CCOC(C(N)=O)C3)ccc21. The fraction of sp³-hybridized carbons (Fsp3) is 0.524. The van der Waals surface area contributed by atoms with Gasteiger partial charge in [0, 0.05) is 24.8 Å². The summed E-state index contributed by atoms with van der Waals surface area (Å²) in [7, 11) is 0. The van der Waals surface area contributed by atoms with Crippen LogP contribution in [0.2, 0.25) is 0 Å². The number of benzene rings is 1. The van der Waals surface area contributed by atoms with Crippen LogP contribution in [-0.2, 0) is 16.1 Å². The molecule has 1 aromatic heterocycles. The summed E-state index contributed by atoms with van der Waals surface area (Å²) in [4.78, 5) is 51.6. The fourth-order valence-electron chi connectivity index (χ4n) is 3.89. The number of aromatic nitrogens is 2. The Bertz CT molecular complexity index is 1150. The average molecular weight is 429 g/mol. The van der Waals surface area contributed by atoms with E-state index in [1.54, 1.807) is 22.8 Å². The zero-order chi connectivity index (χ0) is 22.3. The first kappa shape index (κ1) is 21.1. The summed E-state index contributed by atoms with van der Waals surface area (Å²) in [6.45, 7) is 4.82. The molecule has 3 amide bonds. The fourth-order valence-corrected chi connectivity index (χ4v) is 3.89. The number of ether oxygens (including phenoxy) is 1. The number of anilines is 1. The smallest absolute Gasteiger partial charge is 0.331 e. The maximum Gasteiger partial charge on any atom is 0.331 e. The van der Waals surface area contributed by atoms with Crippen LogP contribution in [-0.4, -0.2) is 51.8 Å². The Balaban J connectivity index is 1.67. The Morgan fingerprint density at radius 1 is 1.26 bits per heavy atom. The van der Waals surface area contributed by atoms with Gasteiger partial charge < -0.3 is 20.7 Å². The van der Waals surface area contributed by atoms with E-state index in [-0.39, 0.29) is 30.4 Å². The van der Waals surface area contributed by atoms with Gasteiger partial charge in [-0.15, -0.1) is 0 Å². The highest BCUT2D eigenvalue weighted by molar-refractivity contribution is 5.93. The molecular formula is C21H27N5O5. The van der Waals surface area contributed by atoms with E-state index in [0.717, 1.165) is 12.8 Å². The molecule has 1 aromatic carbocycles. The summed E-state index contributed by atoms with van der Waals surface area (Å²) in [6, 6.07) is 4.41. The van der Waals surface area contributed by atoms with E-state index in [1.807, 2.05) is 13.8 Å². The van der Waals surface area contributed by atoms with Gasteiger partial charge in [0.15, 0.2) is 6.10 Å². The molecular weight excluding hydrogens is 402 g/mol. The number of urea groups is 1. The monoisotopic (exact) mass is 429 g/mol. The molecule has 1 saturated carbocycles. The number of nitrogens with two attached hydrogens (primary N) is 1. The molecule has 2 fully saturated rings. The van der Waals surface area contributed by atoms with Gasteiger partial charge in [-0.1, -0.05) is 0 Å². The van der Waals surface area contributed by atoms with Crippen LogP contribution in [0.3, 0.4) is 0 Å². The number of hydrogen-bond donors (Lipinski definition) is 2. The van der Waals surface area contributed by atoms with E-state index in [1.165, 1.54) is 9.47 Å². The largest absolute Gasteiger partial charge is 0.367 e. The van der Waals surface area contributed by atoms with Crippen molar-refractivity contribution < 1.29 is 14.3 Å². The van der Waals surface area contributed by atoms with Crippen LogP contribution in [0.4, 0.5) is 10.5 Å². The van der Waals surface area contributed by atoms with Gasteiger partial charge in [0.25, 0.3) is 5.56 Å². The van der Waals surface area contributed by atoms with Crippen molar-refractivity contribution in [1.29, 1.82) is 0 Å². The summed E-state index contributed by atoms with van der Waals surface area (Å²) in [5.41, 5.74) is 5.60. The summed E-state index contributed by atoms with van der Waals surface area (Å²) < 4.78 is 8.19. The number of primary amides is 1. The van der Waals surface area contributed by atoms with E-state index in [2.05, 4.69) is 5.32 Å². The Labute approximate surface area is 178 Å². The zero-order valence-electron chi connectivity index (χ0n) is 17.7. The molecule has 10 nitrogen and oxygen atoms in total. The van der Waals surface area contributed by atoms with Gasteiger partial charge in [-0.3, -0.25) is 18.7 Å². The second-order valence-electron chi connectivity index (χ2n) is 8.48. The molecule has 1 atom stereocenters. The lowest BCUT2D eigenvalue weighted by atomic mass is 10.2. The highest BCUT2D eigenvalue weighted by Crippen LogP contribution is 2.30. The van der Waals surface area contributed by atoms with Gasteiger partial charge in [-0.25, -0.2) is 9.59 Å². The third kappa shape index (κ3) is 4.20. The molecule has 2 heterocycles. The maximum atomic E-state index is 13.1. The first-order valence-electron chi connectivity index (χ1n) is 10.5. The number of nitrogens with zero attached hydrogens (tertiary/aromatic N) is 3. The topological polar surface area (TPSA) is 129 Å². The number of morpholine rings is 1. The summed E-state index contributed by atoms with van der Waals surface area (Å²) in [5.74, 6) is -0.253. The molecule has 2 aliphatic rings. The van der Waals surface area contributed by atoms with Gasteiger partial charge in [-0.05, 0) is 50.8 Å². The highest BCUT2D eigenvalue weighted by Gasteiger charge is 2.28. The van der Waals surface area contributed by atoms with Gasteiger partial charge in [0.2, 0.25) is 5.91 Å². The number of amides is 3. The molecule has 0 bridgehead atoms. The predicted molar refractivity (Wildman–Crippen MR) is 115 cm³/mol. The molecule has 0 spiro atoms. The quantitative estimate of drug-likeness (QED) is 0.729. The Kier molecular flexibility index (Phi) is 5.57. The standard InChI is InChI=1S/C21H27N5O5/c1-12(2)26-16-6-5-14(23-20(29)24-7-8-31-17(11-24)18(22)27)9-15(16)19(28)25(21(26)30)10-13-3-4-13/h5-6,9,12-13,17H,3-4,7-8,10-11H2,1-2H3,(H2,22,27)(H,23,29). The number of carbonyl (C=O) groups excluding carboxylic acids is 2. The summed E-state index contributed by atoms with van der Waals surface area (Å²) >= 11 is 0. The van der Waals surface area contributed by atoms with Gasteiger partial charge in [0.1, 0.15) is 0 Å². The Morgan fingerprint density at radius 2 is 2.00 bits per heavy atom. The highest BCUT2D eigenvalue weighted by atomic mass is 16.5. The molecule has 31 heavy (non-hydrogen) atoms. The van der Waals surface area contributed by atoms with Crippen LogP contribution in [0, 0.1) is 5.92 Å². The minimum atomic E-state index is -0.841. The number of nitrogens with one attached hydrogen (secondary N) is 1. The molecule has 2 aromatic rings. The van der Waals surface area contributed by atoms with Crippen LogP contribution in [0.5, 0.6) is 0 Å². The molecule has 1 unspecified atom stereocenters. The first-order valence-corrected chi connectivity index (χ1v) is 10.5. The molecule has 10 heteroatoms. The Hall–Kier alpha value is -3.14. The van der Waals surface area contributed by atoms with E-state index in [0.29, 0.717) is 35.6 Å². The van der Waals surface area contributed by atoms with Crippen molar-refractivity contribution in [3.05, 3.63) is 39.0 Å². The third-order valence-electron chi connectivity index (χ3n) is 5.75. The second kappa shape index (κ2) is 8.18. The number of rotatable bonds is 5. The van der Waals surface area contributed by atoms with Crippen molar-refractivity contribution >= 4 is 28.5 Å². The molecule has 166 valence electrons. The maximum absolute atomic E-state index is 13.1. The predicted octanol–water partition coefficient (Wildman–Crippen LogP) is 0.872. The minimum Gasteiger partial charge on any atom is -0.367 e. The van der Waals surface area contributed by atoms with Crippen LogP contribution in [0.1, 0.15) is 32.7 Å². The van der Waals surface area contributed by atoms with Crippen molar-refractivity contribution in [2.75, 3.05) is 25.0 Å². The molecule has 4 rings (SSSR count). The molecule has 1 aliphatic carbocycles. The minimum absolute atomic E-state index is 0.0653. The molecule has 0 radical (unpaired) electrons.